The van der Waals surface area contributed by atoms with E-state index >= 15 is 0 Å². The SMILES string of the molecule is CC(C)(C)OC(=O)N1CCC2(CC1)CN(c1ccc3ncc(-c4ccc(C(F)(F)F)s4)n3n1)C(=O)CC2=O. The summed E-state index contributed by atoms with van der Waals surface area (Å²) >= 11 is 0.585. The van der Waals surface area contributed by atoms with Gasteiger partial charge in [0.05, 0.1) is 22.9 Å². The largest absolute Gasteiger partial charge is 0.444 e. The molecule has 202 valence electrons. The first-order chi connectivity index (χ1) is 17.8. The van der Waals surface area contributed by atoms with E-state index in [1.165, 1.54) is 21.7 Å². The Hall–Kier alpha value is -3.48. The Labute approximate surface area is 220 Å². The third-order valence-corrected chi connectivity index (χ3v) is 7.95. The monoisotopic (exact) mass is 549 g/mol. The molecule has 0 unspecified atom stereocenters. The van der Waals surface area contributed by atoms with Crippen LogP contribution in [0.4, 0.5) is 23.8 Å². The van der Waals surface area contributed by atoms with Crippen LogP contribution < -0.4 is 4.90 Å². The van der Waals surface area contributed by atoms with Crippen LogP contribution in [0.1, 0.15) is 44.9 Å². The van der Waals surface area contributed by atoms with Gasteiger partial charge in [-0.05, 0) is 57.9 Å². The third kappa shape index (κ3) is 4.86. The molecule has 0 saturated carbocycles. The second kappa shape index (κ2) is 9.07. The van der Waals surface area contributed by atoms with Crippen LogP contribution in [-0.2, 0) is 20.5 Å². The van der Waals surface area contributed by atoms with Gasteiger partial charge in [0, 0.05) is 19.6 Å². The number of amides is 2. The van der Waals surface area contributed by atoms with Gasteiger partial charge >= 0.3 is 12.3 Å². The molecule has 0 atom stereocenters. The maximum atomic E-state index is 13.1. The van der Waals surface area contributed by atoms with E-state index in [-0.39, 0.29) is 24.6 Å². The van der Waals surface area contributed by atoms with Gasteiger partial charge in [0.2, 0.25) is 5.91 Å². The predicted molar refractivity (Wildman–Crippen MR) is 133 cm³/mol. The number of anilines is 1. The molecule has 5 heterocycles. The molecule has 2 fully saturated rings. The van der Waals surface area contributed by atoms with E-state index in [9.17, 15) is 27.6 Å². The lowest BCUT2D eigenvalue weighted by Gasteiger charge is -2.45. The second-order valence-corrected chi connectivity index (χ2v) is 11.7. The molecule has 2 aliphatic heterocycles. The molecule has 13 heteroatoms. The number of Topliss-reactive ketones (excluding diaryl/α,β-unsaturated/α-hetero) is 1. The Bertz CT molecular complexity index is 1420. The van der Waals surface area contributed by atoms with Crippen LogP contribution in [0.25, 0.3) is 16.2 Å². The molecule has 2 aliphatic rings. The number of thiophene rings is 1. The zero-order valence-corrected chi connectivity index (χ0v) is 21.9. The highest BCUT2D eigenvalue weighted by atomic mass is 32.1. The Morgan fingerprint density at radius 3 is 2.42 bits per heavy atom. The molecule has 3 aromatic rings. The number of nitrogens with zero attached hydrogens (tertiary/aromatic N) is 5. The van der Waals surface area contributed by atoms with Crippen LogP contribution in [0.2, 0.25) is 0 Å². The molecule has 1 spiro atoms. The number of imidazole rings is 1. The highest BCUT2D eigenvalue weighted by Crippen LogP contribution is 2.40. The van der Waals surface area contributed by atoms with E-state index in [1.807, 2.05) is 0 Å². The van der Waals surface area contributed by atoms with Crippen LogP contribution in [0.15, 0.2) is 30.5 Å². The summed E-state index contributed by atoms with van der Waals surface area (Å²) in [7, 11) is 0. The summed E-state index contributed by atoms with van der Waals surface area (Å²) in [4.78, 5) is 45.3. The molecule has 0 N–H and O–H groups in total. The first-order valence-electron chi connectivity index (χ1n) is 12.1. The van der Waals surface area contributed by atoms with Crippen molar-refractivity contribution in [3.05, 3.63) is 35.3 Å². The highest BCUT2D eigenvalue weighted by molar-refractivity contribution is 7.15. The molecular weight excluding hydrogens is 523 g/mol. The minimum Gasteiger partial charge on any atom is -0.444 e. The fraction of sp³-hybridized carbons (Fsp3) is 0.480. The molecular formula is C25H26F3N5O4S. The van der Waals surface area contributed by atoms with Crippen molar-refractivity contribution in [3.63, 3.8) is 0 Å². The minimum absolute atomic E-state index is 0.104. The number of piperidine rings is 2. The van der Waals surface area contributed by atoms with Crippen LogP contribution in [0.3, 0.4) is 0 Å². The minimum atomic E-state index is -4.46. The van der Waals surface area contributed by atoms with Crippen molar-refractivity contribution in [3.8, 4) is 10.6 Å². The van der Waals surface area contributed by atoms with Crippen molar-refractivity contribution in [2.75, 3.05) is 24.5 Å². The number of carbonyl (C=O) groups excluding carboxylic acids is 3. The average molecular weight is 550 g/mol. The maximum absolute atomic E-state index is 13.1. The molecule has 2 amide bonds. The van der Waals surface area contributed by atoms with Crippen molar-refractivity contribution in [1.82, 2.24) is 19.5 Å². The summed E-state index contributed by atoms with van der Waals surface area (Å²) in [5, 5.41) is 4.53. The van der Waals surface area contributed by atoms with Crippen LogP contribution in [0, 0.1) is 5.41 Å². The summed E-state index contributed by atoms with van der Waals surface area (Å²) in [5.74, 6) is -0.291. The van der Waals surface area contributed by atoms with Gasteiger partial charge in [0.15, 0.2) is 11.5 Å². The number of ketones is 1. The van der Waals surface area contributed by atoms with Crippen LogP contribution in [-0.4, -0.2) is 62.5 Å². The Morgan fingerprint density at radius 2 is 1.79 bits per heavy atom. The van der Waals surface area contributed by atoms with E-state index in [4.69, 9.17) is 4.74 Å². The number of halogens is 3. The summed E-state index contributed by atoms with van der Waals surface area (Å²) in [6, 6.07) is 5.62. The highest BCUT2D eigenvalue weighted by Gasteiger charge is 2.49. The van der Waals surface area contributed by atoms with Gasteiger partial charge in [-0.15, -0.1) is 16.4 Å². The molecule has 38 heavy (non-hydrogen) atoms. The molecule has 0 radical (unpaired) electrons. The number of rotatable bonds is 2. The summed E-state index contributed by atoms with van der Waals surface area (Å²) in [5.41, 5.74) is -0.685. The number of likely N-dealkylation sites (tertiary alicyclic amines) is 1. The molecule has 5 rings (SSSR count). The molecule has 0 aliphatic carbocycles. The number of carbonyl (C=O) groups is 3. The van der Waals surface area contributed by atoms with Gasteiger partial charge in [-0.3, -0.25) is 14.5 Å². The summed E-state index contributed by atoms with van der Waals surface area (Å²) in [6.07, 6.45) is -2.99. The molecule has 2 saturated heterocycles. The fourth-order valence-electron chi connectivity index (χ4n) is 4.79. The van der Waals surface area contributed by atoms with Crippen LogP contribution >= 0.6 is 11.3 Å². The quantitative estimate of drug-likeness (QED) is 0.426. The summed E-state index contributed by atoms with van der Waals surface area (Å²) < 4.78 is 46.2. The number of aromatic nitrogens is 3. The second-order valence-electron chi connectivity index (χ2n) is 10.6. The van der Waals surface area contributed by atoms with Crippen molar-refractivity contribution < 1.29 is 32.3 Å². The normalized spacial score (nSPS) is 18.5. The van der Waals surface area contributed by atoms with Gasteiger partial charge < -0.3 is 9.64 Å². The molecule has 3 aromatic heterocycles. The smallest absolute Gasteiger partial charge is 0.425 e. The number of alkyl halides is 3. The van der Waals surface area contributed by atoms with Crippen molar-refractivity contribution in [2.24, 2.45) is 5.41 Å². The van der Waals surface area contributed by atoms with Gasteiger partial charge in [-0.2, -0.15) is 13.2 Å². The van der Waals surface area contributed by atoms with Crippen molar-refractivity contribution >= 4 is 40.6 Å². The lowest BCUT2D eigenvalue weighted by atomic mass is 9.71. The zero-order valence-electron chi connectivity index (χ0n) is 21.0. The number of hydrogen-bond acceptors (Lipinski definition) is 7. The average Bonchev–Trinajstić information content (AvgIpc) is 3.47. The van der Waals surface area contributed by atoms with Gasteiger partial charge in [0.25, 0.3) is 0 Å². The Balaban J connectivity index is 1.39. The van der Waals surface area contributed by atoms with E-state index in [2.05, 4.69) is 10.1 Å². The van der Waals surface area contributed by atoms with E-state index in [1.54, 1.807) is 37.8 Å². The lowest BCUT2D eigenvalue weighted by molar-refractivity contribution is -0.139. The van der Waals surface area contributed by atoms with Gasteiger partial charge in [-0.25, -0.2) is 14.3 Å². The number of fused-ring (bicyclic) bond motifs is 1. The van der Waals surface area contributed by atoms with Gasteiger partial charge in [0.1, 0.15) is 22.0 Å². The van der Waals surface area contributed by atoms with Crippen molar-refractivity contribution in [2.45, 2.75) is 51.8 Å². The van der Waals surface area contributed by atoms with Gasteiger partial charge in [-0.1, -0.05) is 0 Å². The number of ether oxygens (including phenoxy) is 1. The standard InChI is InChI=1S/C25H26F3N5O4S/c1-23(2,3)37-22(36)31-10-8-24(9-11-31)14-32(21(35)12-17(24)34)20-7-6-19-29-13-15(33(19)30-20)16-4-5-18(38-16)25(26,27)28/h4-7,13H,8-12,14H2,1-3H3. The first-order valence-corrected chi connectivity index (χ1v) is 12.9. The lowest BCUT2D eigenvalue weighted by Crippen LogP contribution is -2.57. The van der Waals surface area contributed by atoms with E-state index < -0.39 is 34.1 Å². The van der Waals surface area contributed by atoms with Crippen molar-refractivity contribution in [1.29, 1.82) is 0 Å². The third-order valence-electron chi connectivity index (χ3n) is 6.80. The summed E-state index contributed by atoms with van der Waals surface area (Å²) in [6.45, 7) is 6.10. The zero-order chi connectivity index (χ0) is 27.5. The first kappa shape index (κ1) is 26.1. The molecule has 0 bridgehead atoms. The molecule has 0 aromatic carbocycles. The predicted octanol–water partition coefficient (Wildman–Crippen LogP) is 4.80. The number of hydrogen-bond donors (Lipinski definition) is 0. The maximum Gasteiger partial charge on any atom is 0.425 e. The van der Waals surface area contributed by atoms with E-state index in [0.717, 1.165) is 6.07 Å². The van der Waals surface area contributed by atoms with E-state index in [0.29, 0.717) is 53.5 Å². The fourth-order valence-corrected chi connectivity index (χ4v) is 5.66. The Kier molecular flexibility index (Phi) is 6.24. The Morgan fingerprint density at radius 1 is 1.08 bits per heavy atom. The molecule has 9 nitrogen and oxygen atoms in total. The topological polar surface area (TPSA) is 97.1 Å². The van der Waals surface area contributed by atoms with Crippen LogP contribution in [0.5, 0.6) is 0 Å².